The first-order valence-corrected chi connectivity index (χ1v) is 8.02. The highest BCUT2D eigenvalue weighted by Gasteiger charge is 2.14. The van der Waals surface area contributed by atoms with Gasteiger partial charge in [-0.15, -0.1) is 0 Å². The van der Waals surface area contributed by atoms with Crippen LogP contribution in [0.15, 0.2) is 42.5 Å². The van der Waals surface area contributed by atoms with E-state index in [1.54, 1.807) is 0 Å². The average molecular weight is 303 g/mol. The first kappa shape index (κ1) is 15.4. The molecule has 0 fully saturated rings. The molecular weight excluding hydrogens is 282 g/mol. The van der Waals surface area contributed by atoms with Crippen LogP contribution in [0.4, 0.5) is 0 Å². The minimum Gasteiger partial charge on any atom is -0.294 e. The quantitative estimate of drug-likeness (QED) is 0.605. The van der Waals surface area contributed by atoms with Crippen molar-refractivity contribution in [2.24, 2.45) is 0 Å². The first-order valence-electron chi connectivity index (χ1n) is 8.02. The predicted octanol–water partition coefficient (Wildman–Crippen LogP) is 5.42. The molecule has 0 unspecified atom stereocenters. The van der Waals surface area contributed by atoms with Crippen molar-refractivity contribution in [3.63, 3.8) is 0 Å². The molecule has 0 N–H and O–H groups in total. The van der Waals surface area contributed by atoms with Crippen LogP contribution in [0.1, 0.15) is 40.5 Å². The number of pyridine rings is 1. The number of aryl methyl sites for hydroxylation is 3. The maximum Gasteiger partial charge on any atom is 0.163 e. The maximum atomic E-state index is 12.3. The Bertz CT molecular complexity index is 909. The standard InChI is InChI=1S/C21H21NO/c1-5-20(23)19-12-15(4)22-21-17(7-6-8-18(19)21)16-10-9-13(2)11-14(16)3/h6-12H,5H2,1-4H3. The zero-order valence-electron chi connectivity index (χ0n) is 14.1. The van der Waals surface area contributed by atoms with Crippen LogP contribution in [0.25, 0.3) is 22.0 Å². The summed E-state index contributed by atoms with van der Waals surface area (Å²) in [4.78, 5) is 17.1. The monoisotopic (exact) mass is 303 g/mol. The van der Waals surface area contributed by atoms with E-state index in [-0.39, 0.29) is 5.78 Å². The third-order valence-corrected chi connectivity index (χ3v) is 4.26. The smallest absolute Gasteiger partial charge is 0.163 e. The molecule has 0 spiro atoms. The second kappa shape index (κ2) is 5.96. The van der Waals surface area contributed by atoms with E-state index in [1.807, 2.05) is 32.0 Å². The maximum absolute atomic E-state index is 12.3. The zero-order valence-corrected chi connectivity index (χ0v) is 14.1. The summed E-state index contributed by atoms with van der Waals surface area (Å²) in [6.45, 7) is 8.07. The summed E-state index contributed by atoms with van der Waals surface area (Å²) < 4.78 is 0. The van der Waals surface area contributed by atoms with Crippen molar-refractivity contribution in [1.29, 1.82) is 0 Å². The molecule has 1 aromatic heterocycles. The van der Waals surface area contributed by atoms with Crippen LogP contribution in [0.2, 0.25) is 0 Å². The van der Waals surface area contributed by atoms with E-state index in [1.165, 1.54) is 16.7 Å². The Morgan fingerprint density at radius 1 is 1.00 bits per heavy atom. The fourth-order valence-electron chi connectivity index (χ4n) is 3.13. The molecule has 1 heterocycles. The SMILES string of the molecule is CCC(=O)c1cc(C)nc2c(-c3ccc(C)cc3C)cccc12. The Morgan fingerprint density at radius 3 is 2.48 bits per heavy atom. The molecule has 3 rings (SSSR count). The lowest BCUT2D eigenvalue weighted by Crippen LogP contribution is -2.01. The zero-order chi connectivity index (χ0) is 16.6. The van der Waals surface area contributed by atoms with Crippen LogP contribution >= 0.6 is 0 Å². The van der Waals surface area contributed by atoms with E-state index >= 15 is 0 Å². The third-order valence-electron chi connectivity index (χ3n) is 4.26. The molecule has 0 amide bonds. The fraction of sp³-hybridized carbons (Fsp3) is 0.238. The number of Topliss-reactive ketones (excluding diaryl/α,β-unsaturated/α-hetero) is 1. The van der Waals surface area contributed by atoms with Gasteiger partial charge in [0.25, 0.3) is 0 Å². The van der Waals surface area contributed by atoms with E-state index in [0.29, 0.717) is 6.42 Å². The highest BCUT2D eigenvalue weighted by atomic mass is 16.1. The molecule has 0 radical (unpaired) electrons. The number of carbonyl (C=O) groups excluding carboxylic acids is 1. The summed E-state index contributed by atoms with van der Waals surface area (Å²) in [6, 6.07) is 14.5. The molecule has 0 atom stereocenters. The van der Waals surface area contributed by atoms with Gasteiger partial charge in [-0.3, -0.25) is 9.78 Å². The van der Waals surface area contributed by atoms with Crippen molar-refractivity contribution < 1.29 is 4.79 Å². The minimum absolute atomic E-state index is 0.165. The highest BCUT2D eigenvalue weighted by molar-refractivity contribution is 6.10. The van der Waals surface area contributed by atoms with Gasteiger partial charge in [-0.25, -0.2) is 0 Å². The lowest BCUT2D eigenvalue weighted by molar-refractivity contribution is 0.0989. The molecule has 23 heavy (non-hydrogen) atoms. The minimum atomic E-state index is 0.165. The van der Waals surface area contributed by atoms with Crippen molar-refractivity contribution in [3.8, 4) is 11.1 Å². The second-order valence-corrected chi connectivity index (χ2v) is 6.11. The van der Waals surface area contributed by atoms with Gasteiger partial charge in [-0.1, -0.05) is 48.9 Å². The number of hydrogen-bond donors (Lipinski definition) is 0. The topological polar surface area (TPSA) is 30.0 Å². The number of fused-ring (bicyclic) bond motifs is 1. The molecule has 0 saturated heterocycles. The predicted molar refractivity (Wildman–Crippen MR) is 96.0 cm³/mol. The molecule has 0 aliphatic carbocycles. The number of aromatic nitrogens is 1. The summed E-state index contributed by atoms with van der Waals surface area (Å²) in [5, 5.41) is 0.944. The van der Waals surface area contributed by atoms with Gasteiger partial charge in [-0.2, -0.15) is 0 Å². The summed E-state index contributed by atoms with van der Waals surface area (Å²) in [6.07, 6.45) is 0.506. The summed E-state index contributed by atoms with van der Waals surface area (Å²) in [5.74, 6) is 0.165. The van der Waals surface area contributed by atoms with Crippen LogP contribution in [-0.4, -0.2) is 10.8 Å². The van der Waals surface area contributed by atoms with Crippen LogP contribution in [-0.2, 0) is 0 Å². The second-order valence-electron chi connectivity index (χ2n) is 6.11. The summed E-state index contributed by atoms with van der Waals surface area (Å²) >= 11 is 0. The first-order chi connectivity index (χ1) is 11.0. The number of rotatable bonds is 3. The number of hydrogen-bond acceptors (Lipinski definition) is 2. The molecule has 116 valence electrons. The number of benzene rings is 2. The summed E-state index contributed by atoms with van der Waals surface area (Å²) in [7, 11) is 0. The van der Waals surface area contributed by atoms with E-state index < -0.39 is 0 Å². The Kier molecular flexibility index (Phi) is 3.99. The lowest BCUT2D eigenvalue weighted by atomic mass is 9.94. The Labute approximate surface area is 137 Å². The van der Waals surface area contributed by atoms with E-state index in [9.17, 15) is 4.79 Å². The number of nitrogens with zero attached hydrogens (tertiary/aromatic N) is 1. The molecule has 0 aliphatic rings. The van der Waals surface area contributed by atoms with Crippen LogP contribution in [0, 0.1) is 20.8 Å². The van der Waals surface area contributed by atoms with Crippen molar-refractivity contribution >= 4 is 16.7 Å². The summed E-state index contributed by atoms with van der Waals surface area (Å²) in [5.41, 5.74) is 7.31. The van der Waals surface area contributed by atoms with Gasteiger partial charge in [0.15, 0.2) is 5.78 Å². The molecule has 0 saturated carbocycles. The number of carbonyl (C=O) groups is 1. The highest BCUT2D eigenvalue weighted by Crippen LogP contribution is 2.32. The fourth-order valence-corrected chi connectivity index (χ4v) is 3.13. The molecule has 2 heteroatoms. The van der Waals surface area contributed by atoms with Gasteiger partial charge in [0, 0.05) is 28.6 Å². The van der Waals surface area contributed by atoms with Gasteiger partial charge in [0.05, 0.1) is 5.52 Å². The number of para-hydroxylation sites is 1. The molecule has 0 aliphatic heterocycles. The Hall–Kier alpha value is -2.48. The lowest BCUT2D eigenvalue weighted by Gasteiger charge is -2.13. The number of ketones is 1. The van der Waals surface area contributed by atoms with Gasteiger partial charge in [-0.05, 0) is 38.0 Å². The molecule has 2 nitrogen and oxygen atoms in total. The Morgan fingerprint density at radius 2 is 1.78 bits per heavy atom. The van der Waals surface area contributed by atoms with Gasteiger partial charge < -0.3 is 0 Å². The van der Waals surface area contributed by atoms with Crippen molar-refractivity contribution in [3.05, 3.63) is 64.8 Å². The van der Waals surface area contributed by atoms with E-state index in [2.05, 4.69) is 38.1 Å². The van der Waals surface area contributed by atoms with Crippen molar-refractivity contribution in [2.45, 2.75) is 34.1 Å². The molecule has 2 aromatic carbocycles. The largest absolute Gasteiger partial charge is 0.294 e. The molecule has 3 aromatic rings. The molecular formula is C21H21NO. The van der Waals surface area contributed by atoms with E-state index in [0.717, 1.165) is 27.7 Å². The average Bonchev–Trinajstić information content (AvgIpc) is 2.53. The normalized spacial score (nSPS) is 11.0. The third kappa shape index (κ3) is 2.77. The van der Waals surface area contributed by atoms with E-state index in [4.69, 9.17) is 4.98 Å². The Balaban J connectivity index is 2.35. The van der Waals surface area contributed by atoms with Crippen molar-refractivity contribution in [1.82, 2.24) is 4.98 Å². The van der Waals surface area contributed by atoms with Gasteiger partial charge in [0.2, 0.25) is 0 Å². The van der Waals surface area contributed by atoms with Crippen LogP contribution in [0.5, 0.6) is 0 Å². The van der Waals surface area contributed by atoms with Crippen molar-refractivity contribution in [2.75, 3.05) is 0 Å². The van der Waals surface area contributed by atoms with Gasteiger partial charge >= 0.3 is 0 Å². The van der Waals surface area contributed by atoms with Gasteiger partial charge in [0.1, 0.15) is 0 Å². The van der Waals surface area contributed by atoms with Crippen LogP contribution < -0.4 is 0 Å². The van der Waals surface area contributed by atoms with Crippen LogP contribution in [0.3, 0.4) is 0 Å². The molecule has 0 bridgehead atoms.